The zero-order chi connectivity index (χ0) is 13.1. The molecule has 92 valence electrons. The van der Waals surface area contributed by atoms with Gasteiger partial charge in [0.15, 0.2) is 5.78 Å². The van der Waals surface area contributed by atoms with Gasteiger partial charge in [-0.3, -0.25) is 4.79 Å². The number of aryl methyl sites for hydroxylation is 2. The van der Waals surface area contributed by atoms with Crippen LogP contribution in [-0.4, -0.2) is 10.4 Å². The minimum absolute atomic E-state index is 0.154. The summed E-state index contributed by atoms with van der Waals surface area (Å²) in [5, 5.41) is 1.05. The Morgan fingerprint density at radius 1 is 1.00 bits per heavy atom. The number of ketones is 1. The molecule has 0 radical (unpaired) electrons. The van der Waals surface area contributed by atoms with Crippen LogP contribution in [0.1, 0.15) is 21.5 Å². The Balaban J connectivity index is 2.22. The summed E-state index contributed by atoms with van der Waals surface area (Å²) in [5.41, 5.74) is 6.12. The fourth-order valence-corrected chi connectivity index (χ4v) is 3.13. The van der Waals surface area contributed by atoms with Crippen LogP contribution in [0.25, 0.3) is 22.2 Å². The van der Waals surface area contributed by atoms with Crippen molar-refractivity contribution in [2.75, 3.05) is 0 Å². The number of para-hydroxylation sites is 1. The van der Waals surface area contributed by atoms with Gasteiger partial charge in [0.25, 0.3) is 0 Å². The van der Waals surface area contributed by atoms with Gasteiger partial charge in [0.2, 0.25) is 0 Å². The number of fused-ring (bicyclic) bond motifs is 5. The van der Waals surface area contributed by atoms with E-state index in [4.69, 9.17) is 0 Å². The summed E-state index contributed by atoms with van der Waals surface area (Å²) >= 11 is 0. The van der Waals surface area contributed by atoms with Crippen LogP contribution in [0.15, 0.2) is 42.5 Å². The number of nitrogens with zero attached hydrogens (tertiary/aromatic N) is 1. The lowest BCUT2D eigenvalue weighted by Crippen LogP contribution is -1.95. The van der Waals surface area contributed by atoms with Gasteiger partial charge in [-0.05, 0) is 19.1 Å². The summed E-state index contributed by atoms with van der Waals surface area (Å²) in [7, 11) is 2.03. The molecule has 1 aliphatic rings. The molecular weight excluding hydrogens is 234 g/mol. The third-order valence-corrected chi connectivity index (χ3v) is 4.01. The highest BCUT2D eigenvalue weighted by Crippen LogP contribution is 2.42. The van der Waals surface area contributed by atoms with Gasteiger partial charge in [-0.1, -0.05) is 35.9 Å². The van der Waals surface area contributed by atoms with Gasteiger partial charge in [-0.2, -0.15) is 0 Å². The first kappa shape index (κ1) is 10.6. The number of hydrogen-bond acceptors (Lipinski definition) is 1. The number of aromatic nitrogens is 1. The second kappa shape index (κ2) is 3.35. The first-order valence-electron chi connectivity index (χ1n) is 6.41. The molecule has 1 aromatic heterocycles. The average molecular weight is 247 g/mol. The van der Waals surface area contributed by atoms with E-state index in [0.717, 1.165) is 33.3 Å². The van der Waals surface area contributed by atoms with E-state index >= 15 is 0 Å². The number of carbonyl (C=O) groups is 1. The van der Waals surface area contributed by atoms with Crippen molar-refractivity contribution in [3.8, 4) is 11.3 Å². The highest BCUT2D eigenvalue weighted by Gasteiger charge is 2.32. The Morgan fingerprint density at radius 3 is 2.63 bits per heavy atom. The molecular formula is C17H13NO. The van der Waals surface area contributed by atoms with Gasteiger partial charge in [-0.15, -0.1) is 0 Å². The summed E-state index contributed by atoms with van der Waals surface area (Å²) in [6.07, 6.45) is 0. The fourth-order valence-electron chi connectivity index (χ4n) is 3.13. The van der Waals surface area contributed by atoms with Crippen molar-refractivity contribution >= 4 is 16.7 Å². The lowest BCUT2D eigenvalue weighted by atomic mass is 10.1. The number of carbonyl (C=O) groups excluding carboxylic acids is 1. The standard InChI is InChI=1S/C17H13NO/c1-10-7-8-11-13(9-10)16-15(17(11)19)12-5-3-4-6-14(12)18(16)2/h3-9H,1-2H3. The Labute approximate surface area is 111 Å². The highest BCUT2D eigenvalue weighted by molar-refractivity contribution is 6.27. The Kier molecular flexibility index (Phi) is 1.86. The quantitative estimate of drug-likeness (QED) is 0.464. The smallest absolute Gasteiger partial charge is 0.196 e. The minimum Gasteiger partial charge on any atom is -0.343 e. The summed E-state index contributed by atoms with van der Waals surface area (Å²) < 4.78 is 2.13. The van der Waals surface area contributed by atoms with E-state index in [0.29, 0.717) is 0 Å². The second-order valence-electron chi connectivity index (χ2n) is 5.18. The molecule has 0 saturated heterocycles. The maximum Gasteiger partial charge on any atom is 0.196 e. The lowest BCUT2D eigenvalue weighted by molar-refractivity contribution is 0.104. The molecule has 0 spiro atoms. The Morgan fingerprint density at radius 2 is 1.79 bits per heavy atom. The Bertz CT molecular complexity index is 855. The molecule has 2 heteroatoms. The summed E-state index contributed by atoms with van der Waals surface area (Å²) in [4.78, 5) is 12.6. The summed E-state index contributed by atoms with van der Waals surface area (Å²) in [6.45, 7) is 2.06. The molecule has 0 N–H and O–H groups in total. The third kappa shape index (κ3) is 1.18. The van der Waals surface area contributed by atoms with Crippen LogP contribution in [0.5, 0.6) is 0 Å². The van der Waals surface area contributed by atoms with Gasteiger partial charge in [-0.25, -0.2) is 0 Å². The van der Waals surface area contributed by atoms with Crippen LogP contribution < -0.4 is 0 Å². The number of rotatable bonds is 0. The highest BCUT2D eigenvalue weighted by atomic mass is 16.1. The fraction of sp³-hybridized carbons (Fsp3) is 0.118. The molecule has 1 aliphatic carbocycles. The monoisotopic (exact) mass is 247 g/mol. The maximum absolute atomic E-state index is 12.6. The van der Waals surface area contributed by atoms with Gasteiger partial charge < -0.3 is 4.57 Å². The topological polar surface area (TPSA) is 22.0 Å². The summed E-state index contributed by atoms with van der Waals surface area (Å²) in [5.74, 6) is 0.154. The third-order valence-electron chi connectivity index (χ3n) is 4.01. The van der Waals surface area contributed by atoms with E-state index in [1.54, 1.807) is 0 Å². The van der Waals surface area contributed by atoms with E-state index in [1.165, 1.54) is 5.56 Å². The van der Waals surface area contributed by atoms with E-state index in [2.05, 4.69) is 23.6 Å². The van der Waals surface area contributed by atoms with Gasteiger partial charge in [0.1, 0.15) is 0 Å². The van der Waals surface area contributed by atoms with Crippen molar-refractivity contribution in [3.63, 3.8) is 0 Å². The predicted molar refractivity (Wildman–Crippen MR) is 76.5 cm³/mol. The van der Waals surface area contributed by atoms with Crippen molar-refractivity contribution in [2.24, 2.45) is 7.05 Å². The van der Waals surface area contributed by atoms with E-state index in [9.17, 15) is 4.79 Å². The molecule has 3 aromatic rings. The van der Waals surface area contributed by atoms with Crippen LogP contribution in [0, 0.1) is 6.92 Å². The van der Waals surface area contributed by atoms with E-state index < -0.39 is 0 Å². The minimum atomic E-state index is 0.154. The molecule has 0 aliphatic heterocycles. The van der Waals surface area contributed by atoms with Crippen molar-refractivity contribution in [3.05, 3.63) is 59.2 Å². The van der Waals surface area contributed by atoms with Crippen molar-refractivity contribution in [1.29, 1.82) is 0 Å². The maximum atomic E-state index is 12.6. The zero-order valence-corrected chi connectivity index (χ0v) is 10.9. The van der Waals surface area contributed by atoms with Crippen LogP contribution >= 0.6 is 0 Å². The predicted octanol–water partition coefficient (Wildman–Crippen LogP) is 3.70. The molecule has 1 heterocycles. The van der Waals surface area contributed by atoms with Crippen LogP contribution in [0.3, 0.4) is 0 Å². The molecule has 0 atom stereocenters. The van der Waals surface area contributed by atoms with Gasteiger partial charge in [0, 0.05) is 29.1 Å². The first-order chi connectivity index (χ1) is 9.18. The van der Waals surface area contributed by atoms with Crippen molar-refractivity contribution < 1.29 is 4.79 Å². The Hall–Kier alpha value is -2.35. The SMILES string of the molecule is Cc1ccc2c(c1)-c1c(c3ccccc3n1C)C2=O. The molecule has 0 fully saturated rings. The molecule has 19 heavy (non-hydrogen) atoms. The van der Waals surface area contributed by atoms with Crippen molar-refractivity contribution in [1.82, 2.24) is 4.57 Å². The van der Waals surface area contributed by atoms with E-state index in [-0.39, 0.29) is 5.78 Å². The zero-order valence-electron chi connectivity index (χ0n) is 10.9. The molecule has 0 amide bonds. The normalized spacial score (nSPS) is 12.8. The summed E-state index contributed by atoms with van der Waals surface area (Å²) in [6, 6.07) is 14.2. The molecule has 0 unspecified atom stereocenters. The largest absolute Gasteiger partial charge is 0.343 e. The first-order valence-corrected chi connectivity index (χ1v) is 6.41. The number of hydrogen-bond donors (Lipinski definition) is 0. The second-order valence-corrected chi connectivity index (χ2v) is 5.18. The average Bonchev–Trinajstić information content (AvgIpc) is 2.86. The van der Waals surface area contributed by atoms with Crippen LogP contribution in [0.2, 0.25) is 0 Å². The molecule has 0 saturated carbocycles. The van der Waals surface area contributed by atoms with Crippen LogP contribution in [0.4, 0.5) is 0 Å². The molecule has 2 nitrogen and oxygen atoms in total. The molecule has 2 aromatic carbocycles. The molecule has 0 bridgehead atoms. The van der Waals surface area contributed by atoms with E-state index in [1.807, 2.05) is 37.4 Å². The van der Waals surface area contributed by atoms with Crippen LogP contribution in [-0.2, 0) is 7.05 Å². The molecule has 4 rings (SSSR count). The van der Waals surface area contributed by atoms with Gasteiger partial charge in [0.05, 0.1) is 11.3 Å². The van der Waals surface area contributed by atoms with Gasteiger partial charge >= 0.3 is 0 Å². The van der Waals surface area contributed by atoms with Crippen molar-refractivity contribution in [2.45, 2.75) is 6.92 Å². The number of benzene rings is 2. The lowest BCUT2D eigenvalue weighted by Gasteiger charge is -2.05.